The number of halogens is 1. The maximum atomic E-state index is 5.98. The van der Waals surface area contributed by atoms with E-state index in [0.717, 1.165) is 11.6 Å². The average Bonchev–Trinajstić information content (AvgIpc) is 2.24. The van der Waals surface area contributed by atoms with Gasteiger partial charge >= 0.3 is 0 Å². The molecule has 0 saturated carbocycles. The molecule has 2 nitrogen and oxygen atoms in total. The number of hydrogen-bond acceptors (Lipinski definition) is 2. The van der Waals surface area contributed by atoms with Gasteiger partial charge in [0.15, 0.2) is 0 Å². The summed E-state index contributed by atoms with van der Waals surface area (Å²) >= 11 is 5.98. The quantitative estimate of drug-likeness (QED) is 0.824. The van der Waals surface area contributed by atoms with E-state index >= 15 is 0 Å². The zero-order valence-electron chi connectivity index (χ0n) is 10.2. The van der Waals surface area contributed by atoms with Crippen molar-refractivity contribution < 1.29 is 4.74 Å². The molecular weight excluding hydrogens is 222 g/mol. The molecule has 1 rings (SSSR count). The highest BCUT2D eigenvalue weighted by atomic mass is 35.5. The Morgan fingerprint density at radius 3 is 2.69 bits per heavy atom. The Hall–Kier alpha value is -0.570. The molecule has 0 aromatic heterocycles. The van der Waals surface area contributed by atoms with Crippen molar-refractivity contribution in [2.75, 3.05) is 13.2 Å². The fourth-order valence-corrected chi connectivity index (χ4v) is 1.73. The Kier molecular flexibility index (Phi) is 5.81. The first kappa shape index (κ1) is 13.5. The van der Waals surface area contributed by atoms with Gasteiger partial charge in [0.05, 0.1) is 18.8 Å². The smallest absolute Gasteiger partial charge is 0.0664 e. The van der Waals surface area contributed by atoms with Gasteiger partial charge in [-0.25, -0.2) is 0 Å². The fraction of sp³-hybridized carbons (Fsp3) is 0.538. The minimum absolute atomic E-state index is 0.214. The standard InChI is InChI=1S/C13H20ClNO/c1-4-15-13(9-16-10(2)3)11-6-5-7-12(14)8-11/h5-8,10,13,15H,4,9H2,1-3H3. The van der Waals surface area contributed by atoms with E-state index in [1.54, 1.807) is 0 Å². The molecule has 0 fully saturated rings. The molecule has 90 valence electrons. The molecule has 1 unspecified atom stereocenters. The van der Waals surface area contributed by atoms with Crippen LogP contribution in [0.3, 0.4) is 0 Å². The minimum Gasteiger partial charge on any atom is -0.377 e. The van der Waals surface area contributed by atoms with Crippen LogP contribution >= 0.6 is 11.6 Å². The maximum Gasteiger partial charge on any atom is 0.0664 e. The summed E-state index contributed by atoms with van der Waals surface area (Å²) in [7, 11) is 0. The molecule has 1 atom stereocenters. The van der Waals surface area contributed by atoms with Crippen LogP contribution in [0, 0.1) is 0 Å². The van der Waals surface area contributed by atoms with Crippen molar-refractivity contribution in [1.29, 1.82) is 0 Å². The van der Waals surface area contributed by atoms with Crippen LogP contribution in [0.25, 0.3) is 0 Å². The second-order valence-corrected chi connectivity index (χ2v) is 4.48. The number of hydrogen-bond donors (Lipinski definition) is 1. The fourth-order valence-electron chi connectivity index (χ4n) is 1.53. The predicted molar refractivity (Wildman–Crippen MR) is 69.0 cm³/mol. The lowest BCUT2D eigenvalue weighted by atomic mass is 10.1. The Bertz CT molecular complexity index is 315. The second-order valence-electron chi connectivity index (χ2n) is 4.05. The molecule has 0 heterocycles. The van der Waals surface area contributed by atoms with Crippen LogP contribution in [0.4, 0.5) is 0 Å². The molecule has 0 bridgehead atoms. The molecule has 0 amide bonds. The van der Waals surface area contributed by atoms with Crippen molar-refractivity contribution in [2.24, 2.45) is 0 Å². The first-order valence-corrected chi connectivity index (χ1v) is 6.11. The van der Waals surface area contributed by atoms with Gasteiger partial charge in [0.25, 0.3) is 0 Å². The zero-order valence-corrected chi connectivity index (χ0v) is 10.9. The van der Waals surface area contributed by atoms with E-state index in [1.807, 2.05) is 32.0 Å². The Labute approximate surface area is 103 Å². The summed E-state index contributed by atoms with van der Waals surface area (Å²) in [4.78, 5) is 0. The van der Waals surface area contributed by atoms with E-state index in [1.165, 1.54) is 5.56 Å². The molecule has 0 aliphatic carbocycles. The van der Waals surface area contributed by atoms with E-state index in [0.29, 0.717) is 6.61 Å². The van der Waals surface area contributed by atoms with Crippen LogP contribution in [0.15, 0.2) is 24.3 Å². The highest BCUT2D eigenvalue weighted by molar-refractivity contribution is 6.30. The summed E-state index contributed by atoms with van der Waals surface area (Å²) in [6.45, 7) is 7.76. The highest BCUT2D eigenvalue weighted by Crippen LogP contribution is 2.18. The topological polar surface area (TPSA) is 21.3 Å². The van der Waals surface area contributed by atoms with Crippen molar-refractivity contribution in [1.82, 2.24) is 5.32 Å². The third-order valence-electron chi connectivity index (χ3n) is 2.30. The van der Waals surface area contributed by atoms with Crippen molar-refractivity contribution >= 4 is 11.6 Å². The zero-order chi connectivity index (χ0) is 12.0. The average molecular weight is 242 g/mol. The van der Waals surface area contributed by atoms with Crippen LogP contribution in [0.2, 0.25) is 5.02 Å². The third-order valence-corrected chi connectivity index (χ3v) is 2.53. The first-order chi connectivity index (χ1) is 7.63. The number of likely N-dealkylation sites (N-methyl/N-ethyl adjacent to an activating group) is 1. The van der Waals surface area contributed by atoms with Gasteiger partial charge in [-0.1, -0.05) is 30.7 Å². The largest absolute Gasteiger partial charge is 0.377 e. The molecule has 0 aliphatic heterocycles. The van der Waals surface area contributed by atoms with Crippen LogP contribution in [-0.4, -0.2) is 19.3 Å². The molecule has 16 heavy (non-hydrogen) atoms. The Morgan fingerprint density at radius 1 is 1.38 bits per heavy atom. The molecular formula is C13H20ClNO. The lowest BCUT2D eigenvalue weighted by Gasteiger charge is -2.20. The molecule has 0 radical (unpaired) electrons. The van der Waals surface area contributed by atoms with Gasteiger partial charge in [0.1, 0.15) is 0 Å². The second kappa shape index (κ2) is 6.89. The monoisotopic (exact) mass is 241 g/mol. The summed E-state index contributed by atoms with van der Waals surface area (Å²) in [6.07, 6.45) is 0.250. The van der Waals surface area contributed by atoms with Crippen molar-refractivity contribution in [2.45, 2.75) is 32.9 Å². The molecule has 1 N–H and O–H groups in total. The van der Waals surface area contributed by atoms with Crippen molar-refractivity contribution in [3.63, 3.8) is 0 Å². The Balaban J connectivity index is 2.68. The van der Waals surface area contributed by atoms with Crippen LogP contribution in [0.5, 0.6) is 0 Å². The molecule has 0 aliphatic rings. The molecule has 1 aromatic carbocycles. The highest BCUT2D eigenvalue weighted by Gasteiger charge is 2.11. The summed E-state index contributed by atoms with van der Waals surface area (Å²) < 4.78 is 5.65. The van der Waals surface area contributed by atoms with Crippen molar-refractivity contribution in [3.8, 4) is 0 Å². The number of benzene rings is 1. The summed E-state index contributed by atoms with van der Waals surface area (Å²) in [5, 5.41) is 4.17. The molecule has 0 spiro atoms. The lowest BCUT2D eigenvalue weighted by Crippen LogP contribution is -2.26. The molecule has 1 aromatic rings. The van der Waals surface area contributed by atoms with Crippen LogP contribution < -0.4 is 5.32 Å². The van der Waals surface area contributed by atoms with Gasteiger partial charge in [0.2, 0.25) is 0 Å². The van der Waals surface area contributed by atoms with Crippen LogP contribution in [0.1, 0.15) is 32.4 Å². The summed E-state index contributed by atoms with van der Waals surface area (Å²) in [6, 6.07) is 8.13. The summed E-state index contributed by atoms with van der Waals surface area (Å²) in [5.41, 5.74) is 1.18. The summed E-state index contributed by atoms with van der Waals surface area (Å²) in [5.74, 6) is 0. The normalized spacial score (nSPS) is 13.1. The lowest BCUT2D eigenvalue weighted by molar-refractivity contribution is 0.0614. The van der Waals surface area contributed by atoms with Gasteiger partial charge < -0.3 is 10.1 Å². The minimum atomic E-state index is 0.214. The predicted octanol–water partition coefficient (Wildman–Crippen LogP) is 3.42. The third kappa shape index (κ3) is 4.52. The number of nitrogens with one attached hydrogen (secondary N) is 1. The van der Waals surface area contributed by atoms with Gasteiger partial charge in [-0.3, -0.25) is 0 Å². The van der Waals surface area contributed by atoms with Gasteiger partial charge in [-0.2, -0.15) is 0 Å². The van der Waals surface area contributed by atoms with E-state index < -0.39 is 0 Å². The van der Waals surface area contributed by atoms with E-state index in [2.05, 4.69) is 18.3 Å². The Morgan fingerprint density at radius 2 is 2.12 bits per heavy atom. The number of ether oxygens (including phenoxy) is 1. The van der Waals surface area contributed by atoms with E-state index in [9.17, 15) is 0 Å². The van der Waals surface area contributed by atoms with Gasteiger partial charge in [-0.05, 0) is 38.1 Å². The SMILES string of the molecule is CCNC(COC(C)C)c1cccc(Cl)c1. The van der Waals surface area contributed by atoms with Crippen LogP contribution in [-0.2, 0) is 4.74 Å². The van der Waals surface area contributed by atoms with Gasteiger partial charge in [-0.15, -0.1) is 0 Å². The number of rotatable bonds is 6. The maximum absolute atomic E-state index is 5.98. The molecule has 3 heteroatoms. The van der Waals surface area contributed by atoms with E-state index in [4.69, 9.17) is 16.3 Å². The first-order valence-electron chi connectivity index (χ1n) is 5.74. The van der Waals surface area contributed by atoms with Gasteiger partial charge in [0, 0.05) is 5.02 Å². The molecule has 0 saturated heterocycles. The van der Waals surface area contributed by atoms with E-state index in [-0.39, 0.29) is 12.1 Å². The van der Waals surface area contributed by atoms with Crippen molar-refractivity contribution in [3.05, 3.63) is 34.9 Å².